The van der Waals surface area contributed by atoms with Crippen LogP contribution >= 0.6 is 0 Å². The van der Waals surface area contributed by atoms with Crippen molar-refractivity contribution in [2.75, 3.05) is 24.3 Å². The minimum absolute atomic E-state index is 0.524. The normalized spacial score (nSPS) is 10.3. The Kier molecular flexibility index (Phi) is 6.41. The Hall–Kier alpha value is -2.37. The molecule has 0 aliphatic carbocycles. The van der Waals surface area contributed by atoms with Gasteiger partial charge in [0.25, 0.3) is 0 Å². The van der Waals surface area contributed by atoms with Crippen LogP contribution in [0.4, 0.5) is 11.8 Å². The third-order valence-corrected chi connectivity index (χ3v) is 3.25. The van der Waals surface area contributed by atoms with Crippen LogP contribution in [-0.4, -0.2) is 28.8 Å². The van der Waals surface area contributed by atoms with Gasteiger partial charge in [0.05, 0.1) is 13.3 Å². The first-order valence-corrected chi connectivity index (χ1v) is 7.62. The Balaban J connectivity index is 1.84. The van der Waals surface area contributed by atoms with Crippen LogP contribution in [0.15, 0.2) is 30.5 Å². The molecular weight excluding hydrogens is 278 g/mol. The molecule has 0 saturated carbocycles. The first-order valence-electron chi connectivity index (χ1n) is 7.62. The second-order valence-corrected chi connectivity index (χ2v) is 5.00. The molecule has 1 aromatic carbocycles. The number of rotatable bonds is 9. The smallest absolute Gasteiger partial charge is 0.244 e. The average molecular weight is 301 g/mol. The van der Waals surface area contributed by atoms with E-state index in [1.54, 1.807) is 13.3 Å². The van der Waals surface area contributed by atoms with Crippen molar-refractivity contribution in [2.45, 2.75) is 32.7 Å². The number of nitrogens with zero attached hydrogens (tertiary/aromatic N) is 3. The lowest BCUT2D eigenvalue weighted by Crippen LogP contribution is -2.08. The summed E-state index contributed by atoms with van der Waals surface area (Å²) in [5.41, 5.74) is 1.13. The maximum Gasteiger partial charge on any atom is 0.244 e. The molecule has 0 amide bonds. The fraction of sp³-hybridized carbons (Fsp3) is 0.438. The van der Waals surface area contributed by atoms with Gasteiger partial charge in [-0.1, -0.05) is 31.9 Å². The zero-order valence-corrected chi connectivity index (χ0v) is 13.2. The highest BCUT2D eigenvalue weighted by Crippen LogP contribution is 2.12. The van der Waals surface area contributed by atoms with Gasteiger partial charge in [0.1, 0.15) is 11.6 Å². The predicted molar refractivity (Wildman–Crippen MR) is 88.2 cm³/mol. The molecule has 0 bridgehead atoms. The molecular formula is C16H23N5O. The molecule has 2 N–H and O–H groups in total. The monoisotopic (exact) mass is 301 g/mol. The van der Waals surface area contributed by atoms with Crippen molar-refractivity contribution in [3.05, 3.63) is 36.0 Å². The molecule has 2 rings (SSSR count). The molecule has 0 spiro atoms. The number of benzene rings is 1. The number of aromatic nitrogens is 3. The van der Waals surface area contributed by atoms with Crippen LogP contribution in [0.3, 0.4) is 0 Å². The summed E-state index contributed by atoms with van der Waals surface area (Å²) in [7, 11) is 1.66. The number of ether oxygens (including phenoxy) is 1. The van der Waals surface area contributed by atoms with Gasteiger partial charge >= 0.3 is 0 Å². The van der Waals surface area contributed by atoms with E-state index in [0.717, 1.165) is 30.1 Å². The van der Waals surface area contributed by atoms with Crippen molar-refractivity contribution in [3.8, 4) is 5.75 Å². The lowest BCUT2D eigenvalue weighted by Gasteiger charge is -2.08. The molecule has 2 aromatic rings. The maximum absolute atomic E-state index is 5.14. The van der Waals surface area contributed by atoms with Crippen molar-refractivity contribution < 1.29 is 4.74 Å². The van der Waals surface area contributed by atoms with E-state index in [-0.39, 0.29) is 0 Å². The number of nitrogens with one attached hydrogen (secondary N) is 2. The fourth-order valence-electron chi connectivity index (χ4n) is 1.98. The van der Waals surface area contributed by atoms with Crippen LogP contribution in [0.25, 0.3) is 0 Å². The largest absolute Gasteiger partial charge is 0.497 e. The molecule has 0 saturated heterocycles. The highest BCUT2D eigenvalue weighted by molar-refractivity contribution is 5.37. The van der Waals surface area contributed by atoms with E-state index in [0.29, 0.717) is 12.5 Å². The molecule has 0 unspecified atom stereocenters. The topological polar surface area (TPSA) is 72.0 Å². The summed E-state index contributed by atoms with van der Waals surface area (Å²) in [6.07, 6.45) is 5.20. The maximum atomic E-state index is 5.14. The van der Waals surface area contributed by atoms with E-state index in [1.165, 1.54) is 12.8 Å². The van der Waals surface area contributed by atoms with Gasteiger partial charge in [-0.05, 0) is 24.1 Å². The number of methoxy groups -OCH3 is 1. The van der Waals surface area contributed by atoms with E-state index in [9.17, 15) is 0 Å². The summed E-state index contributed by atoms with van der Waals surface area (Å²) >= 11 is 0. The fourth-order valence-corrected chi connectivity index (χ4v) is 1.98. The van der Waals surface area contributed by atoms with Crippen molar-refractivity contribution in [2.24, 2.45) is 0 Å². The Morgan fingerprint density at radius 1 is 1.09 bits per heavy atom. The molecule has 6 heteroatoms. The minimum atomic E-state index is 0.524. The first kappa shape index (κ1) is 16.0. The van der Waals surface area contributed by atoms with Crippen LogP contribution in [0.2, 0.25) is 0 Å². The third kappa shape index (κ3) is 5.20. The molecule has 0 atom stereocenters. The molecule has 0 aliphatic heterocycles. The van der Waals surface area contributed by atoms with Crippen molar-refractivity contribution in [3.63, 3.8) is 0 Å². The van der Waals surface area contributed by atoms with E-state index in [2.05, 4.69) is 32.7 Å². The van der Waals surface area contributed by atoms with Gasteiger partial charge in [-0.25, -0.2) is 0 Å². The molecule has 1 heterocycles. The van der Waals surface area contributed by atoms with Gasteiger partial charge in [-0.15, -0.1) is 5.10 Å². The van der Waals surface area contributed by atoms with Crippen LogP contribution < -0.4 is 15.4 Å². The van der Waals surface area contributed by atoms with Crippen molar-refractivity contribution in [1.82, 2.24) is 15.2 Å². The zero-order valence-electron chi connectivity index (χ0n) is 13.2. The molecule has 22 heavy (non-hydrogen) atoms. The minimum Gasteiger partial charge on any atom is -0.497 e. The molecule has 0 aliphatic rings. The summed E-state index contributed by atoms with van der Waals surface area (Å²) in [5.74, 6) is 2.12. The summed E-state index contributed by atoms with van der Waals surface area (Å²) in [6, 6.07) is 7.88. The molecule has 6 nitrogen and oxygen atoms in total. The Morgan fingerprint density at radius 2 is 1.91 bits per heavy atom. The number of hydrogen-bond acceptors (Lipinski definition) is 6. The Morgan fingerprint density at radius 3 is 2.64 bits per heavy atom. The van der Waals surface area contributed by atoms with Gasteiger partial charge in [0.2, 0.25) is 5.95 Å². The van der Waals surface area contributed by atoms with Crippen LogP contribution in [0.1, 0.15) is 31.7 Å². The highest BCUT2D eigenvalue weighted by Gasteiger charge is 2.01. The van der Waals surface area contributed by atoms with Crippen molar-refractivity contribution >= 4 is 11.8 Å². The average Bonchev–Trinajstić information content (AvgIpc) is 2.58. The third-order valence-electron chi connectivity index (χ3n) is 3.25. The van der Waals surface area contributed by atoms with Gasteiger partial charge in [-0.2, -0.15) is 10.1 Å². The SMILES string of the molecule is CCCCCNc1cnnc(NCc2ccc(OC)cc2)n1. The van der Waals surface area contributed by atoms with E-state index in [4.69, 9.17) is 4.74 Å². The van der Waals surface area contributed by atoms with Crippen LogP contribution in [-0.2, 0) is 6.54 Å². The van der Waals surface area contributed by atoms with Gasteiger partial charge in [-0.3, -0.25) is 0 Å². The number of hydrogen-bond donors (Lipinski definition) is 2. The van der Waals surface area contributed by atoms with Gasteiger partial charge in [0.15, 0.2) is 0 Å². The summed E-state index contributed by atoms with van der Waals surface area (Å²) in [4.78, 5) is 4.40. The lowest BCUT2D eigenvalue weighted by atomic mass is 10.2. The molecule has 0 radical (unpaired) electrons. The zero-order chi connectivity index (χ0) is 15.6. The van der Waals surface area contributed by atoms with Gasteiger partial charge in [0, 0.05) is 13.1 Å². The summed E-state index contributed by atoms with van der Waals surface area (Å²) in [5, 5.41) is 14.4. The first-order chi connectivity index (χ1) is 10.8. The summed E-state index contributed by atoms with van der Waals surface area (Å²) in [6.45, 7) is 3.74. The number of anilines is 2. The van der Waals surface area contributed by atoms with Crippen molar-refractivity contribution in [1.29, 1.82) is 0 Å². The standard InChI is InChI=1S/C16H23N5O/c1-3-4-5-10-17-15-12-19-21-16(20-15)18-11-13-6-8-14(22-2)9-7-13/h6-9,12H,3-5,10-11H2,1-2H3,(H2,17,18,20,21). The quantitative estimate of drug-likeness (QED) is 0.693. The molecule has 0 fully saturated rings. The summed E-state index contributed by atoms with van der Waals surface area (Å²) < 4.78 is 5.14. The van der Waals surface area contributed by atoms with E-state index >= 15 is 0 Å². The predicted octanol–water partition coefficient (Wildman–Crippen LogP) is 3.09. The Bertz CT molecular complexity index is 559. The van der Waals surface area contributed by atoms with Crippen LogP contribution in [0.5, 0.6) is 5.75 Å². The molecule has 1 aromatic heterocycles. The van der Waals surface area contributed by atoms with E-state index in [1.807, 2.05) is 24.3 Å². The highest BCUT2D eigenvalue weighted by atomic mass is 16.5. The molecule has 118 valence electrons. The van der Waals surface area contributed by atoms with E-state index < -0.39 is 0 Å². The number of unbranched alkanes of at least 4 members (excludes halogenated alkanes) is 2. The second kappa shape index (κ2) is 8.81. The Labute approximate surface area is 131 Å². The van der Waals surface area contributed by atoms with Crippen LogP contribution in [0, 0.1) is 0 Å². The lowest BCUT2D eigenvalue weighted by molar-refractivity contribution is 0.414. The van der Waals surface area contributed by atoms with Gasteiger partial charge < -0.3 is 15.4 Å². The second-order valence-electron chi connectivity index (χ2n) is 5.00.